The first kappa shape index (κ1) is 23.8. The molecule has 0 aromatic heterocycles. The van der Waals surface area contributed by atoms with Crippen LogP contribution in [0.15, 0.2) is 78.5 Å². The summed E-state index contributed by atoms with van der Waals surface area (Å²) < 4.78 is 11.0. The Labute approximate surface area is 207 Å². The molecule has 0 saturated carbocycles. The number of halogens is 1. The summed E-state index contributed by atoms with van der Waals surface area (Å²) in [6, 6.07) is 20.6. The van der Waals surface area contributed by atoms with Crippen molar-refractivity contribution in [3.63, 3.8) is 0 Å². The van der Waals surface area contributed by atoms with Gasteiger partial charge in [0.2, 0.25) is 5.91 Å². The lowest BCUT2D eigenvalue weighted by Gasteiger charge is -2.13. The molecule has 1 aliphatic rings. The van der Waals surface area contributed by atoms with Crippen LogP contribution in [-0.4, -0.2) is 36.4 Å². The SMILES string of the molecule is COc1ccccc1NC(=O)CN1C(=O)N/C(=C/c2ccc(OCc3ccc(Cl)cc3)cc2)C1=O. The molecule has 4 rings (SSSR count). The fraction of sp³-hybridized carbons (Fsp3) is 0.115. The van der Waals surface area contributed by atoms with Crippen LogP contribution >= 0.6 is 11.6 Å². The van der Waals surface area contributed by atoms with Crippen molar-refractivity contribution in [2.24, 2.45) is 0 Å². The summed E-state index contributed by atoms with van der Waals surface area (Å²) in [6.45, 7) is -0.0461. The second-order valence-corrected chi connectivity index (χ2v) is 8.05. The first-order valence-electron chi connectivity index (χ1n) is 10.7. The van der Waals surface area contributed by atoms with Crippen LogP contribution in [0.5, 0.6) is 11.5 Å². The van der Waals surface area contributed by atoms with Crippen LogP contribution in [-0.2, 0) is 16.2 Å². The van der Waals surface area contributed by atoms with Crippen LogP contribution in [0.3, 0.4) is 0 Å². The van der Waals surface area contributed by atoms with Gasteiger partial charge in [-0.05, 0) is 53.6 Å². The van der Waals surface area contributed by atoms with Crippen LogP contribution in [0.1, 0.15) is 11.1 Å². The lowest BCUT2D eigenvalue weighted by Crippen LogP contribution is -2.38. The number of benzene rings is 3. The largest absolute Gasteiger partial charge is 0.495 e. The maximum atomic E-state index is 12.7. The average Bonchev–Trinajstić information content (AvgIpc) is 3.12. The highest BCUT2D eigenvalue weighted by atomic mass is 35.5. The number of imide groups is 1. The summed E-state index contributed by atoms with van der Waals surface area (Å²) in [5.41, 5.74) is 2.19. The number of rotatable bonds is 8. The number of nitrogens with zero attached hydrogens (tertiary/aromatic N) is 1. The summed E-state index contributed by atoms with van der Waals surface area (Å²) in [5, 5.41) is 5.82. The molecular weight excluding hydrogens is 470 g/mol. The van der Waals surface area contributed by atoms with E-state index >= 15 is 0 Å². The molecule has 0 aliphatic carbocycles. The fourth-order valence-corrected chi connectivity index (χ4v) is 3.50. The second-order valence-electron chi connectivity index (χ2n) is 7.61. The van der Waals surface area contributed by atoms with Gasteiger partial charge in [0.15, 0.2) is 0 Å². The lowest BCUT2D eigenvalue weighted by atomic mass is 10.2. The molecule has 9 heteroatoms. The Morgan fingerprint density at radius 2 is 1.74 bits per heavy atom. The first-order valence-corrected chi connectivity index (χ1v) is 11.1. The van der Waals surface area contributed by atoms with Crippen LogP contribution in [0.2, 0.25) is 5.02 Å². The van der Waals surface area contributed by atoms with Crippen molar-refractivity contribution in [1.82, 2.24) is 10.2 Å². The second kappa shape index (κ2) is 10.8. The highest BCUT2D eigenvalue weighted by Gasteiger charge is 2.35. The van der Waals surface area contributed by atoms with Gasteiger partial charge in [0.25, 0.3) is 5.91 Å². The number of carbonyl (C=O) groups is 3. The van der Waals surface area contributed by atoms with E-state index in [-0.39, 0.29) is 5.70 Å². The minimum absolute atomic E-state index is 0.0786. The zero-order valence-corrected chi connectivity index (χ0v) is 19.5. The number of urea groups is 1. The molecule has 1 aliphatic heterocycles. The van der Waals surface area contributed by atoms with E-state index in [1.807, 2.05) is 12.1 Å². The number of para-hydroxylation sites is 2. The summed E-state index contributed by atoms with van der Waals surface area (Å²) in [4.78, 5) is 38.3. The summed E-state index contributed by atoms with van der Waals surface area (Å²) >= 11 is 5.89. The van der Waals surface area contributed by atoms with Crippen molar-refractivity contribution >= 4 is 41.2 Å². The third-order valence-corrected chi connectivity index (χ3v) is 5.41. The van der Waals surface area contributed by atoms with E-state index in [1.165, 1.54) is 7.11 Å². The molecule has 1 fully saturated rings. The topological polar surface area (TPSA) is 97.0 Å². The molecule has 2 N–H and O–H groups in total. The summed E-state index contributed by atoms with van der Waals surface area (Å²) in [5.74, 6) is 0.00688. The molecular formula is C26H22ClN3O5. The Balaban J connectivity index is 1.36. The molecule has 8 nitrogen and oxygen atoms in total. The minimum atomic E-state index is -0.667. The van der Waals surface area contributed by atoms with Gasteiger partial charge in [0.05, 0.1) is 12.8 Å². The lowest BCUT2D eigenvalue weighted by molar-refractivity contribution is -0.127. The average molecular weight is 492 g/mol. The van der Waals surface area contributed by atoms with Crippen LogP contribution in [0, 0.1) is 0 Å². The Morgan fingerprint density at radius 1 is 1.03 bits per heavy atom. The number of ether oxygens (including phenoxy) is 2. The van der Waals surface area contributed by atoms with Gasteiger partial charge in [-0.25, -0.2) is 9.69 Å². The third-order valence-electron chi connectivity index (χ3n) is 5.15. The molecule has 0 unspecified atom stereocenters. The molecule has 1 saturated heterocycles. The third kappa shape index (κ3) is 5.99. The molecule has 35 heavy (non-hydrogen) atoms. The zero-order chi connectivity index (χ0) is 24.8. The van der Waals surface area contributed by atoms with Crippen LogP contribution in [0.4, 0.5) is 10.5 Å². The normalized spacial score (nSPS) is 14.1. The van der Waals surface area contributed by atoms with Crippen LogP contribution in [0.25, 0.3) is 6.08 Å². The van der Waals surface area contributed by atoms with E-state index in [2.05, 4.69) is 10.6 Å². The molecule has 1 heterocycles. The molecule has 3 aromatic carbocycles. The van der Waals surface area contributed by atoms with E-state index in [1.54, 1.807) is 66.7 Å². The molecule has 0 atom stereocenters. The molecule has 0 bridgehead atoms. The van der Waals surface area contributed by atoms with Gasteiger partial charge in [-0.15, -0.1) is 0 Å². The quantitative estimate of drug-likeness (QED) is 0.358. The number of nitrogens with one attached hydrogen (secondary N) is 2. The molecule has 178 valence electrons. The van der Waals surface area contributed by atoms with E-state index in [0.717, 1.165) is 10.5 Å². The highest BCUT2D eigenvalue weighted by molar-refractivity contribution is 6.30. The maximum absolute atomic E-state index is 12.7. The fourth-order valence-electron chi connectivity index (χ4n) is 3.37. The van der Waals surface area contributed by atoms with Gasteiger partial charge >= 0.3 is 6.03 Å². The minimum Gasteiger partial charge on any atom is -0.495 e. The number of methoxy groups -OCH3 is 1. The number of hydrogen-bond acceptors (Lipinski definition) is 5. The van der Waals surface area contributed by atoms with E-state index in [4.69, 9.17) is 21.1 Å². The number of amides is 4. The Hall–Kier alpha value is -4.30. The molecule has 0 radical (unpaired) electrons. The summed E-state index contributed by atoms with van der Waals surface area (Å²) in [6.07, 6.45) is 1.54. The Kier molecular flexibility index (Phi) is 7.32. The van der Waals surface area contributed by atoms with Crippen molar-refractivity contribution in [3.8, 4) is 11.5 Å². The molecule has 3 aromatic rings. The molecule has 0 spiro atoms. The van der Waals surface area contributed by atoms with Gasteiger partial charge in [-0.2, -0.15) is 0 Å². The van der Waals surface area contributed by atoms with Crippen molar-refractivity contribution < 1.29 is 23.9 Å². The predicted octanol–water partition coefficient (Wildman–Crippen LogP) is 4.46. The van der Waals surface area contributed by atoms with Crippen molar-refractivity contribution in [1.29, 1.82) is 0 Å². The number of hydrogen-bond donors (Lipinski definition) is 2. The number of anilines is 1. The van der Waals surface area contributed by atoms with Crippen molar-refractivity contribution in [2.75, 3.05) is 19.0 Å². The molecule has 4 amide bonds. The number of carbonyl (C=O) groups excluding carboxylic acids is 3. The van der Waals surface area contributed by atoms with E-state index < -0.39 is 24.4 Å². The monoisotopic (exact) mass is 491 g/mol. The van der Waals surface area contributed by atoms with Gasteiger partial charge in [-0.1, -0.05) is 48.0 Å². The van der Waals surface area contributed by atoms with Gasteiger partial charge < -0.3 is 20.1 Å². The smallest absolute Gasteiger partial charge is 0.329 e. The van der Waals surface area contributed by atoms with Crippen molar-refractivity contribution in [3.05, 3.63) is 94.6 Å². The van der Waals surface area contributed by atoms with Gasteiger partial charge in [0, 0.05) is 5.02 Å². The predicted molar refractivity (Wildman–Crippen MR) is 132 cm³/mol. The van der Waals surface area contributed by atoms with Gasteiger partial charge in [0.1, 0.15) is 30.3 Å². The zero-order valence-electron chi connectivity index (χ0n) is 18.8. The van der Waals surface area contributed by atoms with Crippen molar-refractivity contribution in [2.45, 2.75) is 6.61 Å². The van der Waals surface area contributed by atoms with Gasteiger partial charge in [-0.3, -0.25) is 9.59 Å². The van der Waals surface area contributed by atoms with E-state index in [9.17, 15) is 14.4 Å². The Bertz CT molecular complexity index is 1270. The maximum Gasteiger partial charge on any atom is 0.329 e. The first-order chi connectivity index (χ1) is 16.9. The highest BCUT2D eigenvalue weighted by Crippen LogP contribution is 2.23. The van der Waals surface area contributed by atoms with Crippen LogP contribution < -0.4 is 20.1 Å². The standard InChI is InChI=1S/C26H22ClN3O5/c1-34-23-5-3-2-4-21(23)28-24(31)15-30-25(32)22(29-26(30)33)14-17-8-12-20(13-9-17)35-16-18-6-10-19(27)11-7-18/h2-14H,15-16H2,1H3,(H,28,31)(H,29,33)/b22-14+. The van der Waals surface area contributed by atoms with E-state index in [0.29, 0.717) is 34.4 Å². The summed E-state index contributed by atoms with van der Waals surface area (Å²) in [7, 11) is 1.48. The Morgan fingerprint density at radius 3 is 2.46 bits per heavy atom.